The van der Waals surface area contributed by atoms with Crippen LogP contribution in [0.4, 0.5) is 11.5 Å². The Hall–Kier alpha value is -5.78. The molecule has 0 fully saturated rings. The summed E-state index contributed by atoms with van der Waals surface area (Å²) in [4.78, 5) is 64.8. The van der Waals surface area contributed by atoms with Crippen LogP contribution < -0.4 is 16.6 Å². The number of allylic oxidation sites excluding steroid dienone is 1. The second-order valence-electron chi connectivity index (χ2n) is 10.1. The summed E-state index contributed by atoms with van der Waals surface area (Å²) in [7, 11) is 1.14. The van der Waals surface area contributed by atoms with Crippen LogP contribution in [0.15, 0.2) is 106 Å². The fraction of sp³-hybridized carbons (Fsp3) is 0.188. The molecule has 0 amide bonds. The summed E-state index contributed by atoms with van der Waals surface area (Å²) in [6.45, 7) is 0.943. The maximum atomic E-state index is 14.1. The monoisotopic (exact) mass is 596 g/mol. The molecule has 0 saturated carbocycles. The molecule has 1 aliphatic rings. The number of rotatable bonds is 9. The van der Waals surface area contributed by atoms with Crippen molar-refractivity contribution in [2.75, 3.05) is 12.4 Å². The fourth-order valence-corrected chi connectivity index (χ4v) is 5.16. The number of aromatic nitrogens is 2. The number of carbonyl (C=O) groups is 2. The molecule has 1 N–H and O–H groups in total. The third kappa shape index (κ3) is 5.91. The highest BCUT2D eigenvalue weighted by Gasteiger charge is 2.38. The molecule has 0 saturated heterocycles. The molecule has 4 aromatic rings. The van der Waals surface area contributed by atoms with E-state index in [9.17, 15) is 29.3 Å². The minimum Gasteiger partial charge on any atom is -0.468 e. The van der Waals surface area contributed by atoms with Gasteiger partial charge in [-0.2, -0.15) is 0 Å². The number of hydrogen-bond donors (Lipinski definition) is 1. The number of nitro benzene ring substituents is 1. The van der Waals surface area contributed by atoms with Gasteiger partial charge in [0.15, 0.2) is 0 Å². The summed E-state index contributed by atoms with van der Waals surface area (Å²) in [6, 6.07) is 23.5. The molecule has 0 radical (unpaired) electrons. The van der Waals surface area contributed by atoms with Gasteiger partial charge in [0.05, 0.1) is 35.6 Å². The van der Waals surface area contributed by atoms with Gasteiger partial charge in [-0.15, -0.1) is 0 Å². The summed E-state index contributed by atoms with van der Waals surface area (Å²) in [5.41, 5.74) is 0.479. The van der Waals surface area contributed by atoms with Crippen molar-refractivity contribution in [1.82, 2.24) is 9.13 Å². The molecule has 0 aliphatic carbocycles. The first-order chi connectivity index (χ1) is 21.2. The molecule has 0 bridgehead atoms. The Bertz CT molecular complexity index is 1880. The van der Waals surface area contributed by atoms with E-state index in [2.05, 4.69) is 5.32 Å². The molecule has 12 nitrogen and oxygen atoms in total. The highest BCUT2D eigenvalue weighted by atomic mass is 16.6. The lowest BCUT2D eigenvalue weighted by atomic mass is 9.82. The van der Waals surface area contributed by atoms with Crippen LogP contribution in [0.1, 0.15) is 35.1 Å². The number of esters is 2. The van der Waals surface area contributed by atoms with Gasteiger partial charge in [-0.1, -0.05) is 72.8 Å². The first-order valence-electron chi connectivity index (χ1n) is 13.6. The van der Waals surface area contributed by atoms with Crippen molar-refractivity contribution in [3.63, 3.8) is 0 Å². The number of ether oxygens (including phenoxy) is 2. The average molecular weight is 597 g/mol. The number of anilines is 1. The summed E-state index contributed by atoms with van der Waals surface area (Å²) in [5, 5.41) is 14.5. The number of fused-ring (bicyclic) bond motifs is 1. The van der Waals surface area contributed by atoms with Crippen LogP contribution >= 0.6 is 0 Å². The quantitative estimate of drug-likeness (QED) is 0.173. The van der Waals surface area contributed by atoms with Crippen LogP contribution in [-0.4, -0.2) is 33.1 Å². The molecular weight excluding hydrogens is 568 g/mol. The largest absolute Gasteiger partial charge is 0.468 e. The molecule has 0 spiro atoms. The molecule has 1 aliphatic heterocycles. The van der Waals surface area contributed by atoms with Crippen molar-refractivity contribution >= 4 is 23.4 Å². The number of nitro groups is 1. The van der Waals surface area contributed by atoms with E-state index in [0.29, 0.717) is 11.3 Å². The van der Waals surface area contributed by atoms with E-state index in [1.165, 1.54) is 28.8 Å². The predicted molar refractivity (Wildman–Crippen MR) is 160 cm³/mol. The van der Waals surface area contributed by atoms with Crippen molar-refractivity contribution in [3.8, 4) is 0 Å². The number of nitrogens with one attached hydrogen (secondary N) is 1. The highest BCUT2D eigenvalue weighted by Crippen LogP contribution is 2.41. The molecule has 12 heteroatoms. The Balaban J connectivity index is 1.73. The molecule has 5 rings (SSSR count). The van der Waals surface area contributed by atoms with E-state index in [1.807, 2.05) is 24.3 Å². The number of nitrogens with zero attached hydrogens (tertiary/aromatic N) is 3. The summed E-state index contributed by atoms with van der Waals surface area (Å²) in [6.07, 6.45) is 0. The van der Waals surface area contributed by atoms with E-state index in [1.54, 1.807) is 43.3 Å². The first kappa shape index (κ1) is 29.7. The van der Waals surface area contributed by atoms with Crippen molar-refractivity contribution in [3.05, 3.63) is 149 Å². The normalized spacial score (nSPS) is 13.9. The van der Waals surface area contributed by atoms with E-state index in [-0.39, 0.29) is 35.8 Å². The molecule has 0 unspecified atom stereocenters. The molecule has 1 atom stereocenters. The summed E-state index contributed by atoms with van der Waals surface area (Å²) < 4.78 is 12.5. The van der Waals surface area contributed by atoms with Crippen molar-refractivity contribution in [1.29, 1.82) is 0 Å². The number of non-ortho nitro benzene ring substituents is 1. The molecular formula is C32H28N4O8. The smallest absolute Gasteiger partial charge is 0.337 e. The Morgan fingerprint density at radius 2 is 1.52 bits per heavy atom. The zero-order valence-electron chi connectivity index (χ0n) is 23.9. The number of carbonyl (C=O) groups excluding carboxylic acids is 2. The highest BCUT2D eigenvalue weighted by molar-refractivity contribution is 5.94. The Kier molecular flexibility index (Phi) is 8.51. The Morgan fingerprint density at radius 3 is 2.11 bits per heavy atom. The van der Waals surface area contributed by atoms with Gasteiger partial charge in [0.25, 0.3) is 11.2 Å². The molecule has 3 aromatic carbocycles. The third-order valence-corrected chi connectivity index (χ3v) is 7.32. The summed E-state index contributed by atoms with van der Waals surface area (Å²) in [5.74, 6) is -2.52. The summed E-state index contributed by atoms with van der Waals surface area (Å²) >= 11 is 0. The van der Waals surface area contributed by atoms with Gasteiger partial charge in [0.2, 0.25) is 0 Å². The Labute approximate surface area is 250 Å². The van der Waals surface area contributed by atoms with Crippen LogP contribution in [0, 0.1) is 10.1 Å². The molecule has 2 heterocycles. The van der Waals surface area contributed by atoms with Crippen molar-refractivity contribution in [2.45, 2.75) is 32.5 Å². The van der Waals surface area contributed by atoms with Crippen LogP contribution in [0.3, 0.4) is 0 Å². The van der Waals surface area contributed by atoms with E-state index < -0.39 is 40.6 Å². The molecule has 1 aromatic heterocycles. The number of methoxy groups -OCH3 is 1. The van der Waals surface area contributed by atoms with E-state index >= 15 is 0 Å². The third-order valence-electron chi connectivity index (χ3n) is 7.32. The predicted octanol–water partition coefficient (Wildman–Crippen LogP) is 3.71. The lowest BCUT2D eigenvalue weighted by molar-refractivity contribution is -0.384. The van der Waals surface area contributed by atoms with Gasteiger partial charge in [-0.3, -0.25) is 24.3 Å². The first-order valence-corrected chi connectivity index (χ1v) is 13.6. The van der Waals surface area contributed by atoms with Crippen LogP contribution in [-0.2, 0) is 38.8 Å². The number of hydrogen-bond acceptors (Lipinski definition) is 9. The number of benzene rings is 3. The van der Waals surface area contributed by atoms with Crippen LogP contribution in [0.25, 0.3) is 0 Å². The van der Waals surface area contributed by atoms with E-state index in [0.717, 1.165) is 22.8 Å². The zero-order valence-corrected chi connectivity index (χ0v) is 23.9. The second kappa shape index (κ2) is 12.6. The van der Waals surface area contributed by atoms with E-state index in [4.69, 9.17) is 9.47 Å². The maximum Gasteiger partial charge on any atom is 0.337 e. The Morgan fingerprint density at radius 1 is 0.909 bits per heavy atom. The molecule has 224 valence electrons. The van der Waals surface area contributed by atoms with Gasteiger partial charge >= 0.3 is 17.6 Å². The maximum absolute atomic E-state index is 14.1. The lowest BCUT2D eigenvalue weighted by Gasteiger charge is -2.31. The lowest BCUT2D eigenvalue weighted by Crippen LogP contribution is -2.47. The van der Waals surface area contributed by atoms with Gasteiger partial charge in [0.1, 0.15) is 19.0 Å². The topological polar surface area (TPSA) is 152 Å². The van der Waals surface area contributed by atoms with Crippen molar-refractivity contribution < 1.29 is 24.0 Å². The standard InChI is InChI=1S/C32H28N4O8/c1-20-26(31(39)44-19-22-11-7-4-8-12-22)27(23-13-15-24(16-14-23)36(41)42)28-29(33-20)34(17-21-9-5-3-6-10-21)32(40)35(30(28)38)18-25(37)43-2/h3-16,27,33H,17-19H2,1-2H3/t27-/m1/s1. The van der Waals surface area contributed by atoms with Gasteiger partial charge in [-0.25, -0.2) is 14.2 Å². The zero-order chi connectivity index (χ0) is 31.4. The van der Waals surface area contributed by atoms with Crippen molar-refractivity contribution in [2.24, 2.45) is 0 Å². The second-order valence-corrected chi connectivity index (χ2v) is 10.1. The molecule has 44 heavy (non-hydrogen) atoms. The fourth-order valence-electron chi connectivity index (χ4n) is 5.16. The van der Waals surface area contributed by atoms with Gasteiger partial charge in [-0.05, 0) is 23.6 Å². The minimum absolute atomic E-state index is 0.00412. The minimum atomic E-state index is -1.10. The average Bonchev–Trinajstić information content (AvgIpc) is 3.04. The van der Waals surface area contributed by atoms with Gasteiger partial charge < -0.3 is 14.8 Å². The SMILES string of the molecule is COC(=O)Cn1c(=O)c2c(n(Cc3ccccc3)c1=O)NC(C)=C(C(=O)OCc1ccccc1)[C@H]2c1ccc([N+](=O)[O-])cc1. The van der Waals surface area contributed by atoms with Crippen LogP contribution in [0.5, 0.6) is 0 Å². The van der Waals surface area contributed by atoms with Gasteiger partial charge in [0, 0.05) is 17.8 Å². The van der Waals surface area contributed by atoms with Crippen LogP contribution in [0.2, 0.25) is 0 Å².